The molecular formula is C19H29N3O. The van der Waals surface area contributed by atoms with E-state index >= 15 is 0 Å². The summed E-state index contributed by atoms with van der Waals surface area (Å²) in [7, 11) is 0. The van der Waals surface area contributed by atoms with Crippen molar-refractivity contribution in [3.63, 3.8) is 0 Å². The quantitative estimate of drug-likeness (QED) is 0.835. The van der Waals surface area contributed by atoms with Gasteiger partial charge in [-0.2, -0.15) is 0 Å². The second kappa shape index (κ2) is 5.67. The molecule has 0 aromatic carbocycles. The Morgan fingerprint density at radius 2 is 2.26 bits per heavy atom. The van der Waals surface area contributed by atoms with Gasteiger partial charge in [-0.05, 0) is 50.6 Å². The van der Waals surface area contributed by atoms with Crippen LogP contribution in [0.15, 0.2) is 35.5 Å². The molecule has 0 radical (unpaired) electrons. The average molecular weight is 315 g/mol. The fraction of sp³-hybridized carbons (Fsp3) is 0.684. The maximum atomic E-state index is 6.66. The average Bonchev–Trinajstić information content (AvgIpc) is 2.93. The molecule has 23 heavy (non-hydrogen) atoms. The number of ether oxygens (including phenoxy) is 1. The maximum absolute atomic E-state index is 6.66. The lowest BCUT2D eigenvalue weighted by Crippen LogP contribution is -2.51. The molecule has 1 saturated heterocycles. The zero-order valence-corrected chi connectivity index (χ0v) is 14.2. The number of hydrogen-bond donors (Lipinski definition) is 2. The van der Waals surface area contributed by atoms with Gasteiger partial charge in [0.25, 0.3) is 0 Å². The van der Waals surface area contributed by atoms with Gasteiger partial charge in [0.05, 0.1) is 11.1 Å². The highest BCUT2D eigenvalue weighted by Crippen LogP contribution is 2.60. The molecule has 126 valence electrons. The van der Waals surface area contributed by atoms with Crippen LogP contribution in [0.4, 0.5) is 0 Å². The van der Waals surface area contributed by atoms with Crippen LogP contribution in [0.3, 0.4) is 0 Å². The van der Waals surface area contributed by atoms with Crippen LogP contribution in [0.2, 0.25) is 0 Å². The van der Waals surface area contributed by atoms with Crippen LogP contribution in [0.1, 0.15) is 58.3 Å². The topological polar surface area (TPSA) is 50.5 Å². The molecule has 0 bridgehead atoms. The molecule has 4 nitrogen and oxygen atoms in total. The molecule has 1 aliphatic carbocycles. The van der Waals surface area contributed by atoms with Crippen molar-refractivity contribution in [3.05, 3.63) is 35.5 Å². The largest absolute Gasteiger partial charge is 0.473 e. The summed E-state index contributed by atoms with van der Waals surface area (Å²) in [5.74, 6) is 1.23. The number of nitrogens with zero attached hydrogens (tertiary/aromatic N) is 1. The molecule has 0 amide bonds. The summed E-state index contributed by atoms with van der Waals surface area (Å²) in [5.41, 5.74) is 8.84. The van der Waals surface area contributed by atoms with E-state index in [2.05, 4.69) is 35.6 Å². The van der Waals surface area contributed by atoms with Gasteiger partial charge in [0, 0.05) is 25.4 Å². The summed E-state index contributed by atoms with van der Waals surface area (Å²) in [5, 5.41) is 3.63. The minimum absolute atomic E-state index is 0.107. The van der Waals surface area contributed by atoms with Crippen molar-refractivity contribution in [3.8, 4) is 0 Å². The van der Waals surface area contributed by atoms with E-state index in [1.165, 1.54) is 37.1 Å². The zero-order chi connectivity index (χ0) is 15.9. The standard InChI is InChI=1S/C19H29N3O/c1-2-10-21-19(14-20)13-18-9-5-3-7-15(18)12-22-11-6-4-8-16(22)17(18)23-19/h6,11-12,21H,2-5,7-10,13-14,20H2,1H3. The van der Waals surface area contributed by atoms with Gasteiger partial charge in [-0.15, -0.1) is 0 Å². The Hall–Kier alpha value is -1.26. The molecule has 3 N–H and O–H groups in total. The Kier molecular flexibility index (Phi) is 3.77. The first-order valence-electron chi connectivity index (χ1n) is 9.27. The van der Waals surface area contributed by atoms with Crippen LogP contribution in [0.25, 0.3) is 0 Å². The van der Waals surface area contributed by atoms with Crippen molar-refractivity contribution in [2.45, 2.75) is 64.0 Å². The SMILES string of the molecule is CCCNC1(CN)CC23CCCCC2=CN2C=CCCC2=C3O1. The lowest BCUT2D eigenvalue weighted by molar-refractivity contribution is 0.0124. The summed E-state index contributed by atoms with van der Waals surface area (Å²) in [6, 6.07) is 0. The smallest absolute Gasteiger partial charge is 0.174 e. The summed E-state index contributed by atoms with van der Waals surface area (Å²) >= 11 is 0. The molecule has 3 heterocycles. The fourth-order valence-electron chi connectivity index (χ4n) is 4.81. The number of rotatable bonds is 4. The molecule has 1 saturated carbocycles. The van der Waals surface area contributed by atoms with Crippen LogP contribution in [0, 0.1) is 5.41 Å². The van der Waals surface area contributed by atoms with Crippen LogP contribution in [-0.4, -0.2) is 23.7 Å². The highest BCUT2D eigenvalue weighted by atomic mass is 16.5. The van der Waals surface area contributed by atoms with Crippen molar-refractivity contribution >= 4 is 0 Å². The van der Waals surface area contributed by atoms with E-state index < -0.39 is 0 Å². The number of fused-ring (bicyclic) bond motifs is 1. The Morgan fingerprint density at radius 1 is 1.35 bits per heavy atom. The lowest BCUT2D eigenvalue weighted by atomic mass is 9.65. The third-order valence-corrected chi connectivity index (χ3v) is 5.94. The minimum Gasteiger partial charge on any atom is -0.473 e. The van der Waals surface area contributed by atoms with Crippen LogP contribution >= 0.6 is 0 Å². The Morgan fingerprint density at radius 3 is 3.09 bits per heavy atom. The predicted octanol–water partition coefficient (Wildman–Crippen LogP) is 3.34. The highest BCUT2D eigenvalue weighted by Gasteiger charge is 2.58. The van der Waals surface area contributed by atoms with E-state index in [1.807, 2.05) is 0 Å². The van der Waals surface area contributed by atoms with Gasteiger partial charge in [-0.1, -0.05) is 19.4 Å². The normalized spacial score (nSPS) is 35.4. The molecule has 3 aliphatic heterocycles. The fourth-order valence-corrected chi connectivity index (χ4v) is 4.81. The molecule has 4 aliphatic rings. The summed E-state index contributed by atoms with van der Waals surface area (Å²) in [6.07, 6.45) is 16.1. The highest BCUT2D eigenvalue weighted by molar-refractivity contribution is 5.41. The second-order valence-electron chi connectivity index (χ2n) is 7.45. The van der Waals surface area contributed by atoms with Crippen LogP contribution in [0.5, 0.6) is 0 Å². The monoisotopic (exact) mass is 315 g/mol. The van der Waals surface area contributed by atoms with Gasteiger partial charge in [0.2, 0.25) is 0 Å². The zero-order valence-electron chi connectivity index (χ0n) is 14.2. The predicted molar refractivity (Wildman–Crippen MR) is 92.0 cm³/mol. The molecule has 2 unspecified atom stereocenters. The number of nitrogens with one attached hydrogen (secondary N) is 1. The molecule has 4 heteroatoms. The number of nitrogens with two attached hydrogens (primary N) is 1. The Labute approximate surface area is 139 Å². The molecule has 0 aromatic heterocycles. The Balaban J connectivity index is 1.78. The molecule has 4 rings (SSSR count). The van der Waals surface area contributed by atoms with E-state index in [4.69, 9.17) is 10.5 Å². The van der Waals surface area contributed by atoms with E-state index in [1.54, 1.807) is 5.57 Å². The summed E-state index contributed by atoms with van der Waals surface area (Å²) < 4.78 is 6.66. The second-order valence-corrected chi connectivity index (χ2v) is 7.45. The molecule has 2 atom stereocenters. The molecule has 2 fully saturated rings. The maximum Gasteiger partial charge on any atom is 0.174 e. The van der Waals surface area contributed by atoms with Crippen molar-refractivity contribution in [1.82, 2.24) is 10.2 Å². The van der Waals surface area contributed by atoms with Crippen LogP contribution in [-0.2, 0) is 4.74 Å². The van der Waals surface area contributed by atoms with E-state index in [0.29, 0.717) is 6.54 Å². The third kappa shape index (κ3) is 2.26. The van der Waals surface area contributed by atoms with E-state index in [0.717, 1.165) is 32.2 Å². The van der Waals surface area contributed by atoms with Crippen molar-refractivity contribution in [2.24, 2.45) is 11.1 Å². The van der Waals surface area contributed by atoms with Gasteiger partial charge in [0.15, 0.2) is 5.72 Å². The van der Waals surface area contributed by atoms with Gasteiger partial charge >= 0.3 is 0 Å². The molecule has 0 aromatic rings. The van der Waals surface area contributed by atoms with Crippen LogP contribution < -0.4 is 11.1 Å². The van der Waals surface area contributed by atoms with Gasteiger partial charge in [-0.3, -0.25) is 5.32 Å². The van der Waals surface area contributed by atoms with Gasteiger partial charge < -0.3 is 15.4 Å². The van der Waals surface area contributed by atoms with Gasteiger partial charge in [-0.25, -0.2) is 0 Å². The van der Waals surface area contributed by atoms with Crippen molar-refractivity contribution in [2.75, 3.05) is 13.1 Å². The van der Waals surface area contributed by atoms with Gasteiger partial charge in [0.1, 0.15) is 5.76 Å². The lowest BCUT2D eigenvalue weighted by Gasteiger charge is -2.42. The first-order valence-corrected chi connectivity index (χ1v) is 9.27. The first kappa shape index (κ1) is 15.3. The molecule has 1 spiro atoms. The van der Waals surface area contributed by atoms with E-state index in [9.17, 15) is 0 Å². The first-order chi connectivity index (χ1) is 11.2. The number of hydrogen-bond acceptors (Lipinski definition) is 4. The summed E-state index contributed by atoms with van der Waals surface area (Å²) in [6.45, 7) is 3.69. The Bertz CT molecular complexity index is 579. The van der Waals surface area contributed by atoms with E-state index in [-0.39, 0.29) is 11.1 Å². The number of allylic oxidation sites excluding steroid dienone is 3. The molecular weight excluding hydrogens is 286 g/mol. The third-order valence-electron chi connectivity index (χ3n) is 5.94. The summed E-state index contributed by atoms with van der Waals surface area (Å²) in [4.78, 5) is 2.31. The van der Waals surface area contributed by atoms with Crippen molar-refractivity contribution in [1.29, 1.82) is 0 Å². The van der Waals surface area contributed by atoms with Crippen molar-refractivity contribution < 1.29 is 4.74 Å². The minimum atomic E-state index is -0.383.